The molecule has 1 aromatic heterocycles. The van der Waals surface area contributed by atoms with Crippen molar-refractivity contribution in [2.45, 2.75) is 17.7 Å². The van der Waals surface area contributed by atoms with Gasteiger partial charge in [-0.05, 0) is 55.3 Å². The Kier molecular flexibility index (Phi) is 5.56. The fourth-order valence-electron chi connectivity index (χ4n) is 4.29. The minimum atomic E-state index is -3.71. The fraction of sp³-hybridized carbons (Fsp3) is 0.364. The van der Waals surface area contributed by atoms with Crippen molar-refractivity contribution in [2.24, 2.45) is 0 Å². The molecule has 2 aliphatic rings. The number of rotatable bonds is 4. The molecule has 2 aliphatic heterocycles. The molecule has 2 fully saturated rings. The highest BCUT2D eigenvalue weighted by molar-refractivity contribution is 7.89. The Bertz CT molecular complexity index is 1240. The van der Waals surface area contributed by atoms with Crippen LogP contribution < -0.4 is 4.90 Å². The number of carbonyl (C=O) groups is 1. The fourth-order valence-corrected chi connectivity index (χ4v) is 5.87. The minimum absolute atomic E-state index is 0.142. The molecule has 2 saturated heterocycles. The topological polar surface area (TPSA) is 87.0 Å². The summed E-state index contributed by atoms with van der Waals surface area (Å²) < 4.78 is 33.4. The van der Waals surface area contributed by atoms with E-state index in [1.54, 1.807) is 11.0 Å². The number of sulfonamides is 1. The van der Waals surface area contributed by atoms with Crippen LogP contribution in [0, 0.1) is 0 Å². The van der Waals surface area contributed by atoms with Crippen LogP contribution in [0.3, 0.4) is 0 Å². The highest BCUT2D eigenvalue weighted by atomic mass is 35.5. The van der Waals surface area contributed by atoms with E-state index in [0.717, 1.165) is 18.5 Å². The number of carbonyl (C=O) groups excluding carboxylic acids is 1. The summed E-state index contributed by atoms with van der Waals surface area (Å²) in [5.74, 6) is -0.215. The van der Waals surface area contributed by atoms with Gasteiger partial charge >= 0.3 is 0 Å². The monoisotopic (exact) mass is 474 g/mol. The maximum absolute atomic E-state index is 13.3. The third kappa shape index (κ3) is 3.85. The first-order valence-electron chi connectivity index (χ1n) is 10.6. The van der Waals surface area contributed by atoms with Crippen molar-refractivity contribution >= 4 is 44.2 Å². The van der Waals surface area contributed by atoms with Crippen molar-refractivity contribution in [1.82, 2.24) is 14.4 Å². The van der Waals surface area contributed by atoms with Gasteiger partial charge in [0.05, 0.1) is 10.3 Å². The second kappa shape index (κ2) is 8.38. The molecule has 32 heavy (non-hydrogen) atoms. The molecule has 10 heteroatoms. The molecule has 0 spiro atoms. The van der Waals surface area contributed by atoms with E-state index in [1.165, 1.54) is 16.4 Å². The van der Waals surface area contributed by atoms with Crippen LogP contribution in [-0.4, -0.2) is 68.0 Å². The first-order chi connectivity index (χ1) is 15.4. The quantitative estimate of drug-likeness (QED) is 0.577. The lowest BCUT2D eigenvalue weighted by atomic mass is 10.2. The summed E-state index contributed by atoms with van der Waals surface area (Å²) >= 11 is 5.96. The summed E-state index contributed by atoms with van der Waals surface area (Å²) in [6.45, 7) is 3.26. The predicted molar refractivity (Wildman–Crippen MR) is 122 cm³/mol. The summed E-state index contributed by atoms with van der Waals surface area (Å²) in [5.41, 5.74) is 1.59. The lowest BCUT2D eigenvalue weighted by Gasteiger charge is -2.35. The Balaban J connectivity index is 1.36. The molecular weight excluding hydrogens is 452 g/mol. The van der Waals surface area contributed by atoms with Crippen molar-refractivity contribution in [3.8, 4) is 0 Å². The number of nitrogens with zero attached hydrogens (tertiary/aromatic N) is 4. The highest BCUT2D eigenvalue weighted by Gasteiger charge is 2.30. The largest absolute Gasteiger partial charge is 0.369 e. The van der Waals surface area contributed by atoms with Crippen LogP contribution in [0.5, 0.6) is 0 Å². The van der Waals surface area contributed by atoms with Gasteiger partial charge in [0.15, 0.2) is 11.3 Å². The number of hydrogen-bond acceptors (Lipinski definition) is 6. The molecular formula is C22H23ClN4O4S. The Morgan fingerprint density at radius 2 is 1.62 bits per heavy atom. The minimum Gasteiger partial charge on any atom is -0.369 e. The Hall–Kier alpha value is -2.62. The molecule has 168 valence electrons. The molecule has 8 nitrogen and oxygen atoms in total. The smallest absolute Gasteiger partial charge is 0.276 e. The Labute approximate surface area is 191 Å². The van der Waals surface area contributed by atoms with Gasteiger partial charge in [0.25, 0.3) is 5.91 Å². The lowest BCUT2D eigenvalue weighted by Crippen LogP contribution is -2.48. The molecule has 2 aromatic carbocycles. The number of fused-ring (bicyclic) bond motifs is 1. The van der Waals surface area contributed by atoms with Crippen LogP contribution in [-0.2, 0) is 10.0 Å². The van der Waals surface area contributed by atoms with E-state index in [2.05, 4.69) is 10.1 Å². The molecule has 3 aromatic rings. The van der Waals surface area contributed by atoms with Crippen LogP contribution in [0.2, 0.25) is 5.02 Å². The average Bonchev–Trinajstić information content (AvgIpc) is 3.49. The van der Waals surface area contributed by atoms with Gasteiger partial charge in [0.2, 0.25) is 10.0 Å². The standard InChI is InChI=1S/C22H23ClN4O4S/c23-16-3-5-17(6-4-16)25-11-13-27(14-12-25)32(29,30)18-7-8-20-19(15-18)21(24-31-20)22(28)26-9-1-2-10-26/h3-8,15H,1-2,9-14H2. The molecule has 0 bridgehead atoms. The number of hydrogen-bond donors (Lipinski definition) is 0. The summed E-state index contributed by atoms with van der Waals surface area (Å²) in [5, 5.41) is 5.04. The number of amides is 1. The molecule has 3 heterocycles. The molecule has 5 rings (SSSR count). The van der Waals surface area contributed by atoms with E-state index in [-0.39, 0.29) is 16.5 Å². The Morgan fingerprint density at radius 1 is 0.938 bits per heavy atom. The first kappa shape index (κ1) is 21.2. The van der Waals surface area contributed by atoms with Crippen molar-refractivity contribution in [1.29, 1.82) is 0 Å². The number of benzene rings is 2. The number of piperazine rings is 1. The van der Waals surface area contributed by atoms with Crippen molar-refractivity contribution in [3.63, 3.8) is 0 Å². The van der Waals surface area contributed by atoms with Crippen molar-refractivity contribution in [3.05, 3.63) is 53.2 Å². The zero-order valence-corrected chi connectivity index (χ0v) is 19.0. The highest BCUT2D eigenvalue weighted by Crippen LogP contribution is 2.27. The number of halogens is 1. The molecule has 0 N–H and O–H groups in total. The SMILES string of the molecule is O=C(c1noc2ccc(S(=O)(=O)N3CCN(c4ccc(Cl)cc4)CC3)cc12)N1CCCC1. The van der Waals surface area contributed by atoms with E-state index in [9.17, 15) is 13.2 Å². The van der Waals surface area contributed by atoms with E-state index < -0.39 is 10.0 Å². The van der Waals surface area contributed by atoms with E-state index >= 15 is 0 Å². The first-order valence-corrected chi connectivity index (χ1v) is 12.4. The molecule has 0 aliphatic carbocycles. The van der Waals surface area contributed by atoms with Crippen LogP contribution in [0.15, 0.2) is 51.9 Å². The van der Waals surface area contributed by atoms with Gasteiger partial charge in [-0.2, -0.15) is 4.31 Å². The zero-order valence-electron chi connectivity index (χ0n) is 17.4. The zero-order chi connectivity index (χ0) is 22.3. The number of aromatic nitrogens is 1. The summed E-state index contributed by atoms with van der Waals surface area (Å²) in [6.07, 6.45) is 1.92. The molecule has 0 saturated carbocycles. The van der Waals surface area contributed by atoms with E-state index in [1.807, 2.05) is 24.3 Å². The van der Waals surface area contributed by atoms with Gasteiger partial charge in [-0.3, -0.25) is 4.79 Å². The average molecular weight is 475 g/mol. The third-order valence-electron chi connectivity index (χ3n) is 6.11. The van der Waals surface area contributed by atoms with Crippen molar-refractivity contribution in [2.75, 3.05) is 44.2 Å². The molecule has 1 amide bonds. The van der Waals surface area contributed by atoms with Gasteiger partial charge in [-0.1, -0.05) is 16.8 Å². The molecule has 0 atom stereocenters. The third-order valence-corrected chi connectivity index (χ3v) is 8.25. The van der Waals surface area contributed by atoms with Crippen LogP contribution in [0.1, 0.15) is 23.3 Å². The second-order valence-corrected chi connectivity index (χ2v) is 10.4. The summed E-state index contributed by atoms with van der Waals surface area (Å²) in [7, 11) is -3.71. The number of anilines is 1. The normalized spacial score (nSPS) is 17.9. The maximum Gasteiger partial charge on any atom is 0.276 e. The van der Waals surface area contributed by atoms with Gasteiger partial charge in [-0.15, -0.1) is 0 Å². The predicted octanol–water partition coefficient (Wildman–Crippen LogP) is 3.23. The van der Waals surface area contributed by atoms with Gasteiger partial charge < -0.3 is 14.3 Å². The summed E-state index contributed by atoms with van der Waals surface area (Å²) in [6, 6.07) is 12.1. The maximum atomic E-state index is 13.3. The van der Waals surface area contributed by atoms with Gasteiger partial charge in [0.1, 0.15) is 0 Å². The van der Waals surface area contributed by atoms with Gasteiger partial charge in [0, 0.05) is 50.0 Å². The number of likely N-dealkylation sites (tertiary alicyclic amines) is 1. The molecule has 0 radical (unpaired) electrons. The summed E-state index contributed by atoms with van der Waals surface area (Å²) in [4.78, 5) is 16.8. The van der Waals surface area contributed by atoms with Crippen LogP contribution in [0.25, 0.3) is 11.0 Å². The second-order valence-electron chi connectivity index (χ2n) is 8.06. The van der Waals surface area contributed by atoms with Crippen LogP contribution >= 0.6 is 11.6 Å². The van der Waals surface area contributed by atoms with Gasteiger partial charge in [-0.25, -0.2) is 8.42 Å². The van der Waals surface area contributed by atoms with E-state index in [0.29, 0.717) is 55.3 Å². The lowest BCUT2D eigenvalue weighted by molar-refractivity contribution is 0.0784. The van der Waals surface area contributed by atoms with Crippen molar-refractivity contribution < 1.29 is 17.7 Å². The Morgan fingerprint density at radius 3 is 2.31 bits per heavy atom. The van der Waals surface area contributed by atoms with E-state index in [4.69, 9.17) is 16.1 Å². The molecule has 0 unspecified atom stereocenters. The van der Waals surface area contributed by atoms with Crippen LogP contribution in [0.4, 0.5) is 5.69 Å².